The Bertz CT molecular complexity index is 596. The van der Waals surface area contributed by atoms with E-state index in [0.717, 1.165) is 10.9 Å². The molecule has 0 aromatic heterocycles. The third-order valence-electron chi connectivity index (χ3n) is 3.12. The van der Waals surface area contributed by atoms with Gasteiger partial charge in [-0.25, -0.2) is 0 Å². The molecule has 1 atom stereocenters. The zero-order chi connectivity index (χ0) is 13.8. The van der Waals surface area contributed by atoms with E-state index in [1.807, 2.05) is 30.3 Å². The van der Waals surface area contributed by atoms with Crippen LogP contribution in [0.5, 0.6) is 0 Å². The van der Waals surface area contributed by atoms with Crippen LogP contribution in [0.3, 0.4) is 0 Å². The molecule has 0 spiro atoms. The fourth-order valence-corrected chi connectivity index (χ4v) is 2.17. The molecule has 19 heavy (non-hydrogen) atoms. The van der Waals surface area contributed by atoms with Crippen LogP contribution >= 0.6 is 0 Å². The van der Waals surface area contributed by atoms with Crippen molar-refractivity contribution in [3.8, 4) is 0 Å². The second-order valence-electron chi connectivity index (χ2n) is 4.61. The van der Waals surface area contributed by atoms with Crippen molar-refractivity contribution in [1.82, 2.24) is 0 Å². The fraction of sp³-hybridized carbons (Fsp3) is 0.267. The molecule has 0 saturated heterocycles. The minimum atomic E-state index is -0.485. The van der Waals surface area contributed by atoms with Crippen molar-refractivity contribution in [3.63, 3.8) is 0 Å². The van der Waals surface area contributed by atoms with Crippen LogP contribution in [0.1, 0.15) is 17.2 Å². The minimum absolute atomic E-state index is 0.0997. The van der Waals surface area contributed by atoms with Gasteiger partial charge in [0.05, 0.1) is 12.6 Å². The number of hydrogen-bond acceptors (Lipinski definition) is 3. The first-order valence-electron chi connectivity index (χ1n) is 6.19. The molecule has 0 aliphatic carbocycles. The number of ether oxygens (including phenoxy) is 1. The maximum atomic E-state index is 10.6. The third-order valence-corrected chi connectivity index (χ3v) is 3.12. The van der Waals surface area contributed by atoms with Gasteiger partial charge in [0.25, 0.3) is 0 Å². The van der Waals surface area contributed by atoms with Crippen molar-refractivity contribution in [2.45, 2.75) is 13.0 Å². The zero-order valence-electron chi connectivity index (χ0n) is 10.9. The lowest BCUT2D eigenvalue weighted by atomic mass is 9.96. The highest BCUT2D eigenvalue weighted by atomic mass is 16.5. The van der Waals surface area contributed by atoms with E-state index in [2.05, 4.69) is 13.0 Å². The molecule has 0 fully saturated rings. The molecule has 0 bridgehead atoms. The number of hydrogen-bond donors (Lipinski definition) is 2. The molecule has 4 nitrogen and oxygen atoms in total. The predicted octanol–water partition coefficient (Wildman–Crippen LogP) is 1.65. The minimum Gasteiger partial charge on any atom is -0.370 e. The maximum Gasteiger partial charge on any atom is 0.243 e. The number of carbonyl (C=O) groups is 1. The number of rotatable bonds is 5. The van der Waals surface area contributed by atoms with Gasteiger partial charge in [-0.1, -0.05) is 36.4 Å². The lowest BCUT2D eigenvalue weighted by molar-refractivity contribution is -0.122. The predicted molar refractivity (Wildman–Crippen MR) is 75.6 cm³/mol. The van der Waals surface area contributed by atoms with Crippen molar-refractivity contribution in [3.05, 3.63) is 47.5 Å². The molecular weight excluding hydrogens is 240 g/mol. The molecule has 0 aliphatic rings. The first kappa shape index (κ1) is 13.5. The van der Waals surface area contributed by atoms with E-state index in [1.165, 1.54) is 10.9 Å². The molecule has 4 heteroatoms. The van der Waals surface area contributed by atoms with Gasteiger partial charge in [-0.3, -0.25) is 4.79 Å². The zero-order valence-corrected chi connectivity index (χ0v) is 10.9. The number of amides is 1. The molecule has 1 amide bonds. The number of carbonyl (C=O) groups excluding carboxylic acids is 1. The van der Waals surface area contributed by atoms with Crippen molar-refractivity contribution < 1.29 is 9.53 Å². The Hall–Kier alpha value is -1.91. The number of aryl methyl sites for hydroxylation is 1. The van der Waals surface area contributed by atoms with Crippen LogP contribution in [0.25, 0.3) is 10.8 Å². The molecule has 2 rings (SSSR count). The Morgan fingerprint density at radius 1 is 1.21 bits per heavy atom. The van der Waals surface area contributed by atoms with Crippen molar-refractivity contribution in [2.75, 3.05) is 13.2 Å². The van der Waals surface area contributed by atoms with Crippen LogP contribution in [-0.4, -0.2) is 19.1 Å². The van der Waals surface area contributed by atoms with Gasteiger partial charge < -0.3 is 16.2 Å². The highest BCUT2D eigenvalue weighted by Gasteiger charge is 2.11. The van der Waals surface area contributed by atoms with Crippen LogP contribution in [-0.2, 0) is 9.53 Å². The summed E-state index contributed by atoms with van der Waals surface area (Å²) in [4.78, 5) is 10.6. The van der Waals surface area contributed by atoms with E-state index in [-0.39, 0.29) is 19.3 Å². The highest BCUT2D eigenvalue weighted by Crippen LogP contribution is 2.26. The largest absolute Gasteiger partial charge is 0.370 e. The summed E-state index contributed by atoms with van der Waals surface area (Å²) in [6.45, 7) is 2.24. The first-order chi connectivity index (χ1) is 9.09. The van der Waals surface area contributed by atoms with Crippen LogP contribution in [0.15, 0.2) is 36.4 Å². The summed E-state index contributed by atoms with van der Waals surface area (Å²) in [5.41, 5.74) is 13.4. The van der Waals surface area contributed by atoms with Gasteiger partial charge in [0.1, 0.15) is 6.61 Å². The Morgan fingerprint density at radius 3 is 2.58 bits per heavy atom. The summed E-state index contributed by atoms with van der Waals surface area (Å²) < 4.78 is 5.19. The standard InChI is InChI=1S/C15H18N2O2/c1-10-6-7-13(12-5-3-2-4-11(10)12)14(16)8-19-9-15(17)18/h2-7,14H,8-9,16H2,1H3,(H2,17,18). The van der Waals surface area contributed by atoms with Crippen LogP contribution in [0.4, 0.5) is 0 Å². The molecule has 2 aromatic rings. The van der Waals surface area contributed by atoms with Gasteiger partial charge in [-0.2, -0.15) is 0 Å². The molecule has 0 heterocycles. The van der Waals surface area contributed by atoms with Gasteiger partial charge in [-0.05, 0) is 28.8 Å². The number of fused-ring (bicyclic) bond motifs is 1. The lowest BCUT2D eigenvalue weighted by Crippen LogP contribution is -2.23. The Balaban J connectivity index is 2.24. The average Bonchev–Trinajstić information content (AvgIpc) is 2.39. The molecule has 2 aromatic carbocycles. The monoisotopic (exact) mass is 258 g/mol. The molecule has 4 N–H and O–H groups in total. The molecule has 1 unspecified atom stereocenters. The average molecular weight is 258 g/mol. The van der Waals surface area contributed by atoms with Gasteiger partial charge in [0.2, 0.25) is 5.91 Å². The van der Waals surface area contributed by atoms with E-state index < -0.39 is 5.91 Å². The van der Waals surface area contributed by atoms with Crippen LogP contribution < -0.4 is 11.5 Å². The van der Waals surface area contributed by atoms with Crippen LogP contribution in [0.2, 0.25) is 0 Å². The number of nitrogens with two attached hydrogens (primary N) is 2. The third kappa shape index (κ3) is 3.10. The molecule has 0 radical (unpaired) electrons. The topological polar surface area (TPSA) is 78.3 Å². The molecule has 0 aliphatic heterocycles. The summed E-state index contributed by atoms with van der Waals surface area (Å²) in [6.07, 6.45) is 0. The first-order valence-corrected chi connectivity index (χ1v) is 6.19. The van der Waals surface area contributed by atoms with Crippen LogP contribution in [0, 0.1) is 6.92 Å². The normalized spacial score (nSPS) is 12.5. The second kappa shape index (κ2) is 5.82. The maximum absolute atomic E-state index is 10.6. The quantitative estimate of drug-likeness (QED) is 0.856. The van der Waals surface area contributed by atoms with Gasteiger partial charge >= 0.3 is 0 Å². The smallest absolute Gasteiger partial charge is 0.243 e. The lowest BCUT2D eigenvalue weighted by Gasteiger charge is -2.15. The van der Waals surface area contributed by atoms with Gasteiger partial charge in [0, 0.05) is 0 Å². The number of benzene rings is 2. The van der Waals surface area contributed by atoms with Crippen molar-refractivity contribution in [1.29, 1.82) is 0 Å². The Labute approximate surface area is 112 Å². The summed E-state index contributed by atoms with van der Waals surface area (Å²) >= 11 is 0. The van der Waals surface area contributed by atoms with Crippen molar-refractivity contribution >= 4 is 16.7 Å². The fourth-order valence-electron chi connectivity index (χ4n) is 2.17. The molecule has 0 saturated carbocycles. The second-order valence-corrected chi connectivity index (χ2v) is 4.61. The summed E-state index contributed by atoms with van der Waals surface area (Å²) in [5.74, 6) is -0.485. The Kier molecular flexibility index (Phi) is 4.14. The van der Waals surface area contributed by atoms with E-state index in [4.69, 9.17) is 16.2 Å². The van der Waals surface area contributed by atoms with E-state index >= 15 is 0 Å². The van der Waals surface area contributed by atoms with Gasteiger partial charge in [-0.15, -0.1) is 0 Å². The SMILES string of the molecule is Cc1ccc(C(N)COCC(N)=O)c2ccccc12. The van der Waals surface area contributed by atoms with Crippen molar-refractivity contribution in [2.24, 2.45) is 11.5 Å². The highest BCUT2D eigenvalue weighted by molar-refractivity contribution is 5.88. The Morgan fingerprint density at radius 2 is 1.89 bits per heavy atom. The summed E-state index contributed by atoms with van der Waals surface area (Å²) in [5, 5.41) is 2.31. The summed E-state index contributed by atoms with van der Waals surface area (Å²) in [6, 6.07) is 11.9. The summed E-state index contributed by atoms with van der Waals surface area (Å²) in [7, 11) is 0. The number of primary amides is 1. The molecule has 100 valence electrons. The van der Waals surface area contributed by atoms with E-state index in [1.54, 1.807) is 0 Å². The van der Waals surface area contributed by atoms with E-state index in [0.29, 0.717) is 0 Å². The molecular formula is C15H18N2O2. The van der Waals surface area contributed by atoms with E-state index in [9.17, 15) is 4.79 Å². The van der Waals surface area contributed by atoms with Gasteiger partial charge in [0.15, 0.2) is 0 Å².